The number of hydrogen-bond donors (Lipinski definition) is 2. The third kappa shape index (κ3) is 6.01. The number of para-hydroxylation sites is 1. The summed E-state index contributed by atoms with van der Waals surface area (Å²) in [6.07, 6.45) is 0. The number of hydrogen-bond acceptors (Lipinski definition) is 4. The van der Waals surface area contributed by atoms with Gasteiger partial charge in [0.2, 0.25) is 0 Å². The van der Waals surface area contributed by atoms with Crippen LogP contribution in [0, 0.1) is 13.8 Å². The van der Waals surface area contributed by atoms with Crippen molar-refractivity contribution >= 4 is 17.3 Å². The van der Waals surface area contributed by atoms with Crippen molar-refractivity contribution in [2.24, 2.45) is 0 Å². The summed E-state index contributed by atoms with van der Waals surface area (Å²) >= 11 is 0. The maximum Gasteiger partial charge on any atom is 0.262 e. The summed E-state index contributed by atoms with van der Waals surface area (Å²) in [7, 11) is 0. The van der Waals surface area contributed by atoms with Crippen LogP contribution in [0.1, 0.15) is 23.6 Å². The van der Waals surface area contributed by atoms with Crippen LogP contribution >= 0.6 is 0 Å². The average Bonchev–Trinajstić information content (AvgIpc) is 2.74. The van der Waals surface area contributed by atoms with Gasteiger partial charge < -0.3 is 20.1 Å². The SMILES string of the molecule is CCOc1cc(CNc2ccc(C)cc2)ccc1OCC(=O)Nc1ccccc1C. The summed E-state index contributed by atoms with van der Waals surface area (Å²) in [5, 5.41) is 6.27. The summed E-state index contributed by atoms with van der Waals surface area (Å²) < 4.78 is 11.5. The highest BCUT2D eigenvalue weighted by molar-refractivity contribution is 5.92. The van der Waals surface area contributed by atoms with E-state index in [0.29, 0.717) is 24.7 Å². The van der Waals surface area contributed by atoms with Gasteiger partial charge in [-0.2, -0.15) is 0 Å². The molecule has 0 atom stereocenters. The number of carbonyl (C=O) groups excluding carboxylic acids is 1. The van der Waals surface area contributed by atoms with Crippen LogP contribution in [0.15, 0.2) is 66.7 Å². The Hall–Kier alpha value is -3.47. The minimum absolute atomic E-state index is 0.0879. The zero-order valence-corrected chi connectivity index (χ0v) is 17.7. The predicted molar refractivity (Wildman–Crippen MR) is 121 cm³/mol. The van der Waals surface area contributed by atoms with Gasteiger partial charge in [-0.1, -0.05) is 42.0 Å². The highest BCUT2D eigenvalue weighted by atomic mass is 16.5. The molecule has 1 amide bonds. The Balaban J connectivity index is 1.60. The van der Waals surface area contributed by atoms with E-state index >= 15 is 0 Å². The Labute approximate surface area is 178 Å². The molecule has 30 heavy (non-hydrogen) atoms. The molecule has 0 bridgehead atoms. The molecule has 3 rings (SSSR count). The van der Waals surface area contributed by atoms with Gasteiger partial charge in [0.1, 0.15) is 0 Å². The lowest BCUT2D eigenvalue weighted by Gasteiger charge is -2.14. The van der Waals surface area contributed by atoms with Crippen molar-refractivity contribution < 1.29 is 14.3 Å². The van der Waals surface area contributed by atoms with Gasteiger partial charge in [0.25, 0.3) is 5.91 Å². The van der Waals surface area contributed by atoms with Crippen molar-refractivity contribution in [2.75, 3.05) is 23.8 Å². The van der Waals surface area contributed by atoms with E-state index in [1.807, 2.05) is 56.3 Å². The third-order valence-electron chi connectivity index (χ3n) is 4.63. The first-order valence-electron chi connectivity index (χ1n) is 10.1. The first kappa shape index (κ1) is 21.2. The summed E-state index contributed by atoms with van der Waals surface area (Å²) in [6, 6.07) is 21.7. The van der Waals surface area contributed by atoms with E-state index in [1.165, 1.54) is 5.56 Å². The fourth-order valence-corrected chi connectivity index (χ4v) is 2.97. The van der Waals surface area contributed by atoms with E-state index in [2.05, 4.69) is 41.8 Å². The van der Waals surface area contributed by atoms with Crippen LogP contribution in [-0.2, 0) is 11.3 Å². The van der Waals surface area contributed by atoms with Crippen molar-refractivity contribution in [1.29, 1.82) is 0 Å². The third-order valence-corrected chi connectivity index (χ3v) is 4.63. The molecular weight excluding hydrogens is 376 g/mol. The summed E-state index contributed by atoms with van der Waals surface area (Å²) in [6.45, 7) is 7.03. The minimum Gasteiger partial charge on any atom is -0.490 e. The fourth-order valence-electron chi connectivity index (χ4n) is 2.97. The molecule has 5 heteroatoms. The second kappa shape index (κ2) is 10.3. The van der Waals surface area contributed by atoms with E-state index in [1.54, 1.807) is 0 Å². The van der Waals surface area contributed by atoms with Crippen molar-refractivity contribution in [3.05, 3.63) is 83.4 Å². The van der Waals surface area contributed by atoms with E-state index < -0.39 is 0 Å². The summed E-state index contributed by atoms with van der Waals surface area (Å²) in [5.74, 6) is 0.970. The lowest BCUT2D eigenvalue weighted by Crippen LogP contribution is -2.20. The summed E-state index contributed by atoms with van der Waals surface area (Å²) in [5.41, 5.74) is 5.15. The number of ether oxygens (including phenoxy) is 2. The maximum atomic E-state index is 12.3. The van der Waals surface area contributed by atoms with Gasteiger partial charge in [-0.25, -0.2) is 0 Å². The molecular formula is C25H28N2O3. The Morgan fingerprint density at radius 2 is 1.67 bits per heavy atom. The Morgan fingerprint density at radius 3 is 2.40 bits per heavy atom. The van der Waals surface area contributed by atoms with Gasteiger partial charge in [-0.05, 0) is 62.2 Å². The lowest BCUT2D eigenvalue weighted by molar-refractivity contribution is -0.118. The number of benzene rings is 3. The van der Waals surface area contributed by atoms with Crippen molar-refractivity contribution in [2.45, 2.75) is 27.3 Å². The van der Waals surface area contributed by atoms with E-state index in [4.69, 9.17) is 9.47 Å². The minimum atomic E-state index is -0.211. The topological polar surface area (TPSA) is 59.6 Å². The van der Waals surface area contributed by atoms with Crippen LogP contribution in [0.4, 0.5) is 11.4 Å². The molecule has 2 N–H and O–H groups in total. The van der Waals surface area contributed by atoms with Gasteiger partial charge in [-0.3, -0.25) is 4.79 Å². The molecule has 0 unspecified atom stereocenters. The standard InChI is InChI=1S/C25H28N2O3/c1-4-29-24-15-20(16-26-21-12-9-18(2)10-13-21)11-14-23(24)30-17-25(28)27-22-8-6-5-7-19(22)3/h5-15,26H,4,16-17H2,1-3H3,(H,27,28). The fraction of sp³-hybridized carbons (Fsp3) is 0.240. The van der Waals surface area contributed by atoms with Gasteiger partial charge >= 0.3 is 0 Å². The Bertz CT molecular complexity index is 984. The van der Waals surface area contributed by atoms with Gasteiger partial charge in [0.15, 0.2) is 18.1 Å². The molecule has 0 aliphatic carbocycles. The van der Waals surface area contributed by atoms with Crippen molar-refractivity contribution in [3.8, 4) is 11.5 Å². The quantitative estimate of drug-likeness (QED) is 0.506. The van der Waals surface area contributed by atoms with E-state index in [0.717, 1.165) is 22.5 Å². The highest BCUT2D eigenvalue weighted by Gasteiger charge is 2.10. The first-order valence-corrected chi connectivity index (χ1v) is 10.1. The molecule has 5 nitrogen and oxygen atoms in total. The van der Waals surface area contributed by atoms with Crippen molar-refractivity contribution in [1.82, 2.24) is 0 Å². The Morgan fingerprint density at radius 1 is 0.900 bits per heavy atom. The normalized spacial score (nSPS) is 10.4. The van der Waals surface area contributed by atoms with Crippen LogP contribution in [0.3, 0.4) is 0 Å². The molecule has 0 fully saturated rings. The van der Waals surface area contributed by atoms with Gasteiger partial charge in [0, 0.05) is 17.9 Å². The van der Waals surface area contributed by atoms with Gasteiger partial charge in [-0.15, -0.1) is 0 Å². The average molecular weight is 405 g/mol. The number of amides is 1. The number of nitrogens with one attached hydrogen (secondary N) is 2. The molecule has 0 saturated heterocycles. The molecule has 3 aromatic carbocycles. The zero-order valence-electron chi connectivity index (χ0n) is 17.7. The molecule has 0 spiro atoms. The molecule has 156 valence electrons. The van der Waals surface area contributed by atoms with Crippen LogP contribution in [-0.4, -0.2) is 19.1 Å². The van der Waals surface area contributed by atoms with Crippen LogP contribution in [0.2, 0.25) is 0 Å². The molecule has 0 heterocycles. The van der Waals surface area contributed by atoms with Crippen molar-refractivity contribution in [3.63, 3.8) is 0 Å². The molecule has 0 aliphatic heterocycles. The monoisotopic (exact) mass is 404 g/mol. The molecule has 0 aromatic heterocycles. The second-order valence-electron chi connectivity index (χ2n) is 7.09. The predicted octanol–water partition coefficient (Wildman–Crippen LogP) is 5.33. The van der Waals surface area contributed by atoms with Crippen LogP contribution in [0.5, 0.6) is 11.5 Å². The van der Waals surface area contributed by atoms with E-state index in [9.17, 15) is 4.79 Å². The first-order chi connectivity index (χ1) is 14.5. The number of anilines is 2. The number of rotatable bonds is 9. The lowest BCUT2D eigenvalue weighted by atomic mass is 10.2. The molecule has 0 radical (unpaired) electrons. The van der Waals surface area contributed by atoms with Gasteiger partial charge in [0.05, 0.1) is 6.61 Å². The second-order valence-corrected chi connectivity index (χ2v) is 7.09. The maximum absolute atomic E-state index is 12.3. The number of aryl methyl sites for hydroxylation is 2. The molecule has 0 aliphatic rings. The Kier molecular flexibility index (Phi) is 7.33. The summed E-state index contributed by atoms with van der Waals surface area (Å²) in [4.78, 5) is 12.3. The van der Waals surface area contributed by atoms with E-state index in [-0.39, 0.29) is 12.5 Å². The molecule has 3 aromatic rings. The van der Waals surface area contributed by atoms with Crippen LogP contribution < -0.4 is 20.1 Å². The smallest absolute Gasteiger partial charge is 0.262 e. The number of carbonyl (C=O) groups is 1. The molecule has 0 saturated carbocycles. The highest BCUT2D eigenvalue weighted by Crippen LogP contribution is 2.29. The van der Waals surface area contributed by atoms with Crippen LogP contribution in [0.25, 0.3) is 0 Å². The zero-order chi connectivity index (χ0) is 21.3. The largest absolute Gasteiger partial charge is 0.490 e.